The Hall–Kier alpha value is -2.62. The lowest BCUT2D eigenvalue weighted by Crippen LogP contribution is -2.12. The van der Waals surface area contributed by atoms with E-state index in [4.69, 9.17) is 15.4 Å². The molecule has 0 spiro atoms. The molecule has 4 N–H and O–H groups in total. The van der Waals surface area contributed by atoms with Gasteiger partial charge in [-0.25, -0.2) is 17.9 Å². The van der Waals surface area contributed by atoms with Gasteiger partial charge in [0.15, 0.2) is 0 Å². The third-order valence-corrected chi connectivity index (χ3v) is 4.81. The van der Waals surface area contributed by atoms with Crippen LogP contribution in [0.25, 0.3) is 11.4 Å². The lowest BCUT2D eigenvalue weighted by Gasteiger charge is -2.07. The van der Waals surface area contributed by atoms with Crippen LogP contribution in [0.2, 0.25) is 0 Å². The van der Waals surface area contributed by atoms with Crippen molar-refractivity contribution >= 4 is 10.0 Å². The predicted octanol–water partition coefficient (Wildman–Crippen LogP) is 2.16. The maximum absolute atomic E-state index is 13.6. The first-order valence-corrected chi connectivity index (χ1v) is 9.35. The number of nitrogens with zero attached hydrogens (tertiary/aromatic N) is 2. The molecule has 0 aliphatic heterocycles. The van der Waals surface area contributed by atoms with E-state index >= 15 is 0 Å². The van der Waals surface area contributed by atoms with Crippen LogP contribution in [0.5, 0.6) is 0 Å². The fourth-order valence-electron chi connectivity index (χ4n) is 2.43. The Labute approximate surface area is 149 Å². The van der Waals surface area contributed by atoms with Crippen molar-refractivity contribution in [3.8, 4) is 11.4 Å². The zero-order valence-electron chi connectivity index (χ0n) is 13.7. The summed E-state index contributed by atoms with van der Waals surface area (Å²) in [5.74, 6) is 0.232. The van der Waals surface area contributed by atoms with Gasteiger partial charge in [-0.1, -0.05) is 23.4 Å². The second-order valence-corrected chi connectivity index (χ2v) is 7.32. The van der Waals surface area contributed by atoms with Crippen LogP contribution in [-0.4, -0.2) is 18.6 Å². The smallest absolute Gasteiger partial charge is 0.243 e. The van der Waals surface area contributed by atoms with Crippen LogP contribution in [0.4, 0.5) is 4.39 Å². The average molecular weight is 376 g/mol. The highest BCUT2D eigenvalue weighted by Crippen LogP contribution is 2.22. The SMILES string of the molecule is NC(CCc1ccccc1F)c1nc(-c2ccc(S(N)(=O)=O)cc2)no1. The normalized spacial score (nSPS) is 12.9. The maximum Gasteiger partial charge on any atom is 0.243 e. The van der Waals surface area contributed by atoms with E-state index in [9.17, 15) is 12.8 Å². The van der Waals surface area contributed by atoms with Crippen molar-refractivity contribution in [2.24, 2.45) is 10.9 Å². The van der Waals surface area contributed by atoms with Gasteiger partial charge in [-0.05, 0) is 48.7 Å². The number of sulfonamides is 1. The van der Waals surface area contributed by atoms with E-state index in [2.05, 4.69) is 10.1 Å². The van der Waals surface area contributed by atoms with Crippen LogP contribution in [0.15, 0.2) is 57.9 Å². The maximum atomic E-state index is 13.6. The Morgan fingerprint density at radius 1 is 1.12 bits per heavy atom. The number of aryl methyl sites for hydroxylation is 1. The van der Waals surface area contributed by atoms with Crippen molar-refractivity contribution in [2.45, 2.75) is 23.8 Å². The molecule has 26 heavy (non-hydrogen) atoms. The quantitative estimate of drug-likeness (QED) is 0.679. The molecule has 9 heteroatoms. The van der Waals surface area contributed by atoms with Crippen molar-refractivity contribution in [2.75, 3.05) is 0 Å². The summed E-state index contributed by atoms with van der Waals surface area (Å²) >= 11 is 0. The van der Waals surface area contributed by atoms with Gasteiger partial charge in [0.25, 0.3) is 0 Å². The first kappa shape index (κ1) is 18.2. The van der Waals surface area contributed by atoms with E-state index < -0.39 is 16.1 Å². The highest BCUT2D eigenvalue weighted by atomic mass is 32.2. The second kappa shape index (κ2) is 7.32. The molecule has 0 saturated heterocycles. The summed E-state index contributed by atoms with van der Waals surface area (Å²) in [4.78, 5) is 4.22. The molecule has 1 aromatic heterocycles. The van der Waals surface area contributed by atoms with Gasteiger partial charge in [-0.15, -0.1) is 0 Å². The van der Waals surface area contributed by atoms with Gasteiger partial charge in [-0.2, -0.15) is 4.98 Å². The Morgan fingerprint density at radius 3 is 2.46 bits per heavy atom. The topological polar surface area (TPSA) is 125 Å². The minimum Gasteiger partial charge on any atom is -0.337 e. The van der Waals surface area contributed by atoms with Gasteiger partial charge in [-0.3, -0.25) is 0 Å². The van der Waals surface area contributed by atoms with E-state index in [0.29, 0.717) is 24.0 Å². The molecule has 0 saturated carbocycles. The summed E-state index contributed by atoms with van der Waals surface area (Å²) in [6.07, 6.45) is 0.877. The Kier molecular flexibility index (Phi) is 5.12. The third kappa shape index (κ3) is 4.13. The minimum atomic E-state index is -3.76. The summed E-state index contributed by atoms with van der Waals surface area (Å²) in [5.41, 5.74) is 7.19. The van der Waals surface area contributed by atoms with Crippen LogP contribution in [0.3, 0.4) is 0 Å². The number of benzene rings is 2. The van der Waals surface area contributed by atoms with Crippen molar-refractivity contribution in [3.63, 3.8) is 0 Å². The molecule has 0 radical (unpaired) electrons. The first-order valence-electron chi connectivity index (χ1n) is 7.80. The fraction of sp³-hybridized carbons (Fsp3) is 0.176. The van der Waals surface area contributed by atoms with Gasteiger partial charge >= 0.3 is 0 Å². The molecule has 0 amide bonds. The van der Waals surface area contributed by atoms with E-state index in [-0.39, 0.29) is 22.4 Å². The van der Waals surface area contributed by atoms with Crippen molar-refractivity contribution < 1.29 is 17.3 Å². The van der Waals surface area contributed by atoms with Crippen molar-refractivity contribution in [3.05, 3.63) is 65.8 Å². The highest BCUT2D eigenvalue weighted by molar-refractivity contribution is 7.89. The number of nitrogens with two attached hydrogens (primary N) is 2. The van der Waals surface area contributed by atoms with Crippen LogP contribution in [0.1, 0.15) is 23.9 Å². The Balaban J connectivity index is 1.70. The molecule has 136 valence electrons. The molecule has 0 fully saturated rings. The summed E-state index contributed by atoms with van der Waals surface area (Å²) in [7, 11) is -3.76. The highest BCUT2D eigenvalue weighted by Gasteiger charge is 2.17. The van der Waals surface area contributed by atoms with E-state index in [1.807, 2.05) is 0 Å². The number of hydrogen-bond donors (Lipinski definition) is 2. The summed E-state index contributed by atoms with van der Waals surface area (Å²) < 4.78 is 41.4. The van der Waals surface area contributed by atoms with Crippen molar-refractivity contribution in [1.82, 2.24) is 10.1 Å². The van der Waals surface area contributed by atoms with Gasteiger partial charge in [0.1, 0.15) is 5.82 Å². The monoisotopic (exact) mass is 376 g/mol. The number of aromatic nitrogens is 2. The molecule has 7 nitrogen and oxygen atoms in total. The standard InChI is InChI=1S/C17H17FN4O3S/c18-14-4-2-1-3-11(14)7-10-15(19)17-21-16(22-25-17)12-5-8-13(9-6-12)26(20,23)24/h1-6,8-9,15H,7,10,19H2,(H2,20,23,24). The van der Waals surface area contributed by atoms with E-state index in [1.54, 1.807) is 18.2 Å². The molecule has 2 aromatic carbocycles. The summed E-state index contributed by atoms with van der Waals surface area (Å²) in [6, 6.07) is 11.7. The molecule has 0 bridgehead atoms. The number of rotatable bonds is 6. The molecule has 3 rings (SSSR count). The zero-order valence-corrected chi connectivity index (χ0v) is 14.5. The average Bonchev–Trinajstić information content (AvgIpc) is 3.10. The van der Waals surface area contributed by atoms with Crippen molar-refractivity contribution in [1.29, 1.82) is 0 Å². The lowest BCUT2D eigenvalue weighted by molar-refractivity contribution is 0.348. The predicted molar refractivity (Wildman–Crippen MR) is 92.8 cm³/mol. The molecule has 0 aliphatic rings. The molecule has 1 atom stereocenters. The van der Waals surface area contributed by atoms with Gasteiger partial charge in [0.2, 0.25) is 21.7 Å². The number of hydrogen-bond acceptors (Lipinski definition) is 6. The first-order chi connectivity index (χ1) is 12.3. The van der Waals surface area contributed by atoms with Gasteiger partial charge in [0.05, 0.1) is 10.9 Å². The third-order valence-electron chi connectivity index (χ3n) is 3.88. The van der Waals surface area contributed by atoms with Gasteiger partial charge in [0, 0.05) is 5.56 Å². The van der Waals surface area contributed by atoms with Gasteiger partial charge < -0.3 is 10.3 Å². The molecule has 3 aromatic rings. The molecule has 0 aliphatic carbocycles. The Morgan fingerprint density at radius 2 is 1.81 bits per heavy atom. The minimum absolute atomic E-state index is 0.00782. The van der Waals surface area contributed by atoms with Crippen LogP contribution in [-0.2, 0) is 16.4 Å². The van der Waals surface area contributed by atoms with E-state index in [1.165, 1.54) is 30.3 Å². The molecular formula is C17H17FN4O3S. The Bertz CT molecular complexity index is 1000. The second-order valence-electron chi connectivity index (χ2n) is 5.76. The number of primary sulfonamides is 1. The molecular weight excluding hydrogens is 359 g/mol. The molecule has 1 unspecified atom stereocenters. The molecule has 1 heterocycles. The largest absolute Gasteiger partial charge is 0.337 e. The summed E-state index contributed by atoms with van der Waals surface area (Å²) in [6.45, 7) is 0. The number of halogens is 1. The summed E-state index contributed by atoms with van der Waals surface area (Å²) in [5, 5.41) is 8.91. The fourth-order valence-corrected chi connectivity index (χ4v) is 2.95. The lowest BCUT2D eigenvalue weighted by atomic mass is 10.1. The van der Waals surface area contributed by atoms with Crippen LogP contribution < -0.4 is 10.9 Å². The van der Waals surface area contributed by atoms with E-state index in [0.717, 1.165) is 0 Å². The van der Waals surface area contributed by atoms with Crippen LogP contribution >= 0.6 is 0 Å². The zero-order chi connectivity index (χ0) is 18.7. The van der Waals surface area contributed by atoms with Crippen LogP contribution in [0, 0.1) is 5.82 Å².